The van der Waals surface area contributed by atoms with Crippen molar-refractivity contribution in [2.24, 2.45) is 5.41 Å². The quantitative estimate of drug-likeness (QED) is 0.764. The van der Waals surface area contributed by atoms with Gasteiger partial charge in [0, 0.05) is 18.5 Å². The normalized spacial score (nSPS) is 20.1. The van der Waals surface area contributed by atoms with E-state index in [4.69, 9.17) is 4.74 Å². The van der Waals surface area contributed by atoms with E-state index in [0.717, 1.165) is 18.5 Å². The van der Waals surface area contributed by atoms with Gasteiger partial charge in [-0.25, -0.2) is 0 Å². The maximum absolute atomic E-state index is 5.44. The highest BCUT2D eigenvalue weighted by atomic mass is 79.9. The van der Waals surface area contributed by atoms with Gasteiger partial charge in [0.1, 0.15) is 0 Å². The van der Waals surface area contributed by atoms with Crippen molar-refractivity contribution in [2.75, 3.05) is 18.5 Å². The summed E-state index contributed by atoms with van der Waals surface area (Å²) in [7, 11) is 0. The van der Waals surface area contributed by atoms with Gasteiger partial charge in [-0.1, -0.05) is 46.3 Å². The van der Waals surface area contributed by atoms with Crippen LogP contribution in [0.15, 0.2) is 30.3 Å². The molecule has 1 fully saturated rings. The third kappa shape index (κ3) is 2.82. The molecule has 0 bridgehead atoms. The largest absolute Gasteiger partial charge is 0.381 e. The Kier molecular flexibility index (Phi) is 3.81. The Balaban J connectivity index is 2.07. The molecule has 0 spiro atoms. The summed E-state index contributed by atoms with van der Waals surface area (Å²) in [6.45, 7) is 1.83. The summed E-state index contributed by atoms with van der Waals surface area (Å²) < 4.78 is 5.44. The zero-order chi connectivity index (χ0) is 10.6. The predicted molar refractivity (Wildman–Crippen MR) is 66.4 cm³/mol. The fourth-order valence-corrected chi connectivity index (χ4v) is 2.95. The van der Waals surface area contributed by atoms with Gasteiger partial charge in [-0.3, -0.25) is 0 Å². The molecule has 0 atom stereocenters. The van der Waals surface area contributed by atoms with Gasteiger partial charge < -0.3 is 4.74 Å². The molecule has 15 heavy (non-hydrogen) atoms. The van der Waals surface area contributed by atoms with E-state index in [2.05, 4.69) is 46.3 Å². The number of ether oxygens (including phenoxy) is 1. The van der Waals surface area contributed by atoms with Crippen LogP contribution in [0.2, 0.25) is 0 Å². The van der Waals surface area contributed by atoms with Gasteiger partial charge in [-0.2, -0.15) is 0 Å². The lowest BCUT2D eigenvalue weighted by molar-refractivity contribution is 0.0270. The molecule has 2 rings (SSSR count). The zero-order valence-electron chi connectivity index (χ0n) is 8.92. The number of alkyl halides is 1. The fourth-order valence-electron chi connectivity index (χ4n) is 2.19. The number of hydrogen-bond donors (Lipinski definition) is 0. The summed E-state index contributed by atoms with van der Waals surface area (Å²) in [5.41, 5.74) is 1.86. The van der Waals surface area contributed by atoms with Crippen molar-refractivity contribution in [3.8, 4) is 0 Å². The third-order valence-electron chi connectivity index (χ3n) is 3.26. The highest BCUT2D eigenvalue weighted by molar-refractivity contribution is 9.09. The van der Waals surface area contributed by atoms with E-state index in [1.165, 1.54) is 24.8 Å². The Bertz CT molecular complexity index is 291. The van der Waals surface area contributed by atoms with E-state index >= 15 is 0 Å². The summed E-state index contributed by atoms with van der Waals surface area (Å²) in [5, 5.41) is 1.08. The molecule has 1 heterocycles. The first-order valence-corrected chi connectivity index (χ1v) is 6.64. The summed E-state index contributed by atoms with van der Waals surface area (Å²) >= 11 is 3.67. The van der Waals surface area contributed by atoms with E-state index in [0.29, 0.717) is 5.41 Å². The van der Waals surface area contributed by atoms with Crippen LogP contribution in [-0.2, 0) is 11.2 Å². The average molecular weight is 269 g/mol. The minimum absolute atomic E-state index is 0.416. The molecule has 1 aromatic carbocycles. The monoisotopic (exact) mass is 268 g/mol. The Morgan fingerprint density at radius 3 is 2.40 bits per heavy atom. The zero-order valence-corrected chi connectivity index (χ0v) is 10.5. The topological polar surface area (TPSA) is 9.23 Å². The molecule has 1 nitrogen and oxygen atoms in total. The average Bonchev–Trinajstić information content (AvgIpc) is 2.32. The molecule has 82 valence electrons. The number of rotatable bonds is 3. The van der Waals surface area contributed by atoms with E-state index in [1.807, 2.05) is 0 Å². The molecule has 1 aliphatic heterocycles. The molecule has 2 heteroatoms. The van der Waals surface area contributed by atoms with E-state index in [9.17, 15) is 0 Å². The van der Waals surface area contributed by atoms with Crippen molar-refractivity contribution in [1.29, 1.82) is 0 Å². The van der Waals surface area contributed by atoms with E-state index < -0.39 is 0 Å². The Morgan fingerprint density at radius 2 is 1.80 bits per heavy atom. The van der Waals surface area contributed by atoms with Gasteiger partial charge in [-0.05, 0) is 30.2 Å². The van der Waals surface area contributed by atoms with Gasteiger partial charge in [0.05, 0.1) is 0 Å². The summed E-state index contributed by atoms with van der Waals surface area (Å²) in [4.78, 5) is 0. The van der Waals surface area contributed by atoms with Crippen LogP contribution < -0.4 is 0 Å². The lowest BCUT2D eigenvalue weighted by Gasteiger charge is -2.35. The van der Waals surface area contributed by atoms with Crippen LogP contribution in [0, 0.1) is 5.41 Å². The number of hydrogen-bond acceptors (Lipinski definition) is 1. The van der Waals surface area contributed by atoms with Crippen molar-refractivity contribution in [2.45, 2.75) is 19.3 Å². The second-order valence-corrected chi connectivity index (χ2v) is 4.97. The maximum Gasteiger partial charge on any atom is 0.0471 e. The van der Waals surface area contributed by atoms with Crippen LogP contribution in [0.3, 0.4) is 0 Å². The summed E-state index contributed by atoms with van der Waals surface area (Å²) in [5.74, 6) is 0. The second-order valence-electron chi connectivity index (χ2n) is 4.41. The second kappa shape index (κ2) is 5.13. The summed E-state index contributed by atoms with van der Waals surface area (Å²) in [6, 6.07) is 10.8. The van der Waals surface area contributed by atoms with Crippen LogP contribution >= 0.6 is 15.9 Å². The van der Waals surface area contributed by atoms with E-state index in [-0.39, 0.29) is 0 Å². The fraction of sp³-hybridized carbons (Fsp3) is 0.538. The van der Waals surface area contributed by atoms with Crippen LogP contribution in [0.1, 0.15) is 18.4 Å². The van der Waals surface area contributed by atoms with Gasteiger partial charge in [-0.15, -0.1) is 0 Å². The van der Waals surface area contributed by atoms with Crippen LogP contribution in [0.4, 0.5) is 0 Å². The molecular weight excluding hydrogens is 252 g/mol. The minimum Gasteiger partial charge on any atom is -0.381 e. The van der Waals surface area contributed by atoms with Crippen LogP contribution in [-0.4, -0.2) is 18.5 Å². The maximum atomic E-state index is 5.44. The summed E-state index contributed by atoms with van der Waals surface area (Å²) in [6.07, 6.45) is 3.52. The van der Waals surface area contributed by atoms with Gasteiger partial charge in [0.25, 0.3) is 0 Å². The van der Waals surface area contributed by atoms with Crippen LogP contribution in [0.25, 0.3) is 0 Å². The lowest BCUT2D eigenvalue weighted by atomic mass is 9.77. The smallest absolute Gasteiger partial charge is 0.0471 e. The lowest BCUT2D eigenvalue weighted by Crippen LogP contribution is -2.33. The van der Waals surface area contributed by atoms with Crippen molar-refractivity contribution >= 4 is 15.9 Å². The van der Waals surface area contributed by atoms with Crippen molar-refractivity contribution in [1.82, 2.24) is 0 Å². The van der Waals surface area contributed by atoms with Crippen molar-refractivity contribution in [3.63, 3.8) is 0 Å². The molecule has 0 radical (unpaired) electrons. The molecule has 0 saturated carbocycles. The van der Waals surface area contributed by atoms with Crippen molar-refractivity contribution < 1.29 is 4.74 Å². The first kappa shape index (κ1) is 11.2. The predicted octanol–water partition coefficient (Wildman–Crippen LogP) is 3.42. The minimum atomic E-state index is 0.416. The van der Waals surface area contributed by atoms with E-state index in [1.54, 1.807) is 0 Å². The Hall–Kier alpha value is -0.340. The molecule has 0 N–H and O–H groups in total. The molecular formula is C13H17BrO. The van der Waals surface area contributed by atoms with Crippen molar-refractivity contribution in [3.05, 3.63) is 35.9 Å². The highest BCUT2D eigenvalue weighted by Crippen LogP contribution is 2.35. The number of benzene rings is 1. The molecule has 0 aliphatic carbocycles. The molecule has 1 aliphatic rings. The Labute approximate surface area is 100.0 Å². The highest BCUT2D eigenvalue weighted by Gasteiger charge is 2.31. The first-order valence-electron chi connectivity index (χ1n) is 5.52. The Morgan fingerprint density at radius 1 is 1.13 bits per heavy atom. The standard InChI is InChI=1S/C13H17BrO/c14-11-13(6-8-15-9-7-13)10-12-4-2-1-3-5-12/h1-5H,6-11H2. The molecule has 0 amide bonds. The SMILES string of the molecule is BrCC1(Cc2ccccc2)CCOCC1. The third-order valence-corrected chi connectivity index (χ3v) is 4.45. The number of halogens is 1. The van der Waals surface area contributed by atoms with Gasteiger partial charge in [0.15, 0.2) is 0 Å². The first-order chi connectivity index (χ1) is 7.35. The molecule has 1 aromatic rings. The van der Waals surface area contributed by atoms with Gasteiger partial charge >= 0.3 is 0 Å². The van der Waals surface area contributed by atoms with Gasteiger partial charge in [0.2, 0.25) is 0 Å². The van der Waals surface area contributed by atoms with Crippen LogP contribution in [0.5, 0.6) is 0 Å². The molecule has 0 aromatic heterocycles. The molecule has 1 saturated heterocycles. The molecule has 0 unspecified atom stereocenters.